The number of aryl methyl sites for hydroxylation is 1. The number of anilines is 1. The summed E-state index contributed by atoms with van der Waals surface area (Å²) in [7, 11) is 0. The molecule has 4 nitrogen and oxygen atoms in total. The molecule has 0 spiro atoms. The van der Waals surface area contributed by atoms with E-state index in [-0.39, 0.29) is 17.7 Å². The van der Waals surface area contributed by atoms with Gasteiger partial charge in [-0.25, -0.2) is 0 Å². The van der Waals surface area contributed by atoms with E-state index < -0.39 is 0 Å². The average molecular weight is 391 g/mol. The van der Waals surface area contributed by atoms with Crippen molar-refractivity contribution in [3.8, 4) is 0 Å². The minimum atomic E-state index is -0.130. The number of hydrogen-bond donors (Lipinski definition) is 1. The topological polar surface area (TPSA) is 49.4 Å². The molecule has 6 heteroatoms. The van der Waals surface area contributed by atoms with Crippen LogP contribution in [0.25, 0.3) is 0 Å². The first kappa shape index (κ1) is 18.7. The molecule has 2 aromatic rings. The third kappa shape index (κ3) is 4.57. The largest absolute Gasteiger partial charge is 0.339 e. The molecule has 0 aliphatic carbocycles. The van der Waals surface area contributed by atoms with Gasteiger partial charge in [0, 0.05) is 40.3 Å². The summed E-state index contributed by atoms with van der Waals surface area (Å²) >= 11 is 11.9. The molecule has 136 valence electrons. The van der Waals surface area contributed by atoms with Crippen molar-refractivity contribution in [3.63, 3.8) is 0 Å². The molecule has 1 saturated heterocycles. The zero-order valence-corrected chi connectivity index (χ0v) is 16.0. The van der Waals surface area contributed by atoms with E-state index in [1.54, 1.807) is 18.2 Å². The number of nitrogens with zero attached hydrogens (tertiary/aromatic N) is 1. The van der Waals surface area contributed by atoms with Gasteiger partial charge in [0.15, 0.2) is 0 Å². The summed E-state index contributed by atoms with van der Waals surface area (Å²) in [5.74, 6) is -0.175. The lowest BCUT2D eigenvalue weighted by atomic mass is 9.95. The molecule has 1 N–H and O–H groups in total. The zero-order chi connectivity index (χ0) is 18.7. The van der Waals surface area contributed by atoms with Crippen LogP contribution in [0.3, 0.4) is 0 Å². The zero-order valence-electron chi connectivity index (χ0n) is 14.5. The van der Waals surface area contributed by atoms with Crippen molar-refractivity contribution < 1.29 is 9.59 Å². The Balaban J connectivity index is 1.56. The second kappa shape index (κ2) is 8.11. The van der Waals surface area contributed by atoms with Gasteiger partial charge in [-0.3, -0.25) is 9.59 Å². The molecule has 1 heterocycles. The summed E-state index contributed by atoms with van der Waals surface area (Å²) in [6.45, 7) is 3.13. The van der Waals surface area contributed by atoms with Gasteiger partial charge in [-0.05, 0) is 50.1 Å². The van der Waals surface area contributed by atoms with Crippen LogP contribution < -0.4 is 5.32 Å². The Hall–Kier alpha value is -2.04. The van der Waals surface area contributed by atoms with Crippen LogP contribution in [0.15, 0.2) is 42.5 Å². The number of carbonyl (C=O) groups is 2. The highest BCUT2D eigenvalue weighted by Gasteiger charge is 2.28. The van der Waals surface area contributed by atoms with E-state index in [2.05, 4.69) is 5.32 Å². The summed E-state index contributed by atoms with van der Waals surface area (Å²) in [6, 6.07) is 12.5. The quantitative estimate of drug-likeness (QED) is 0.818. The van der Waals surface area contributed by atoms with E-state index in [1.807, 2.05) is 36.1 Å². The van der Waals surface area contributed by atoms with Crippen LogP contribution in [0.1, 0.15) is 28.8 Å². The van der Waals surface area contributed by atoms with Gasteiger partial charge in [0.2, 0.25) is 5.91 Å². The van der Waals surface area contributed by atoms with Crippen LogP contribution in [-0.4, -0.2) is 29.8 Å². The van der Waals surface area contributed by atoms with Crippen LogP contribution in [0.4, 0.5) is 5.69 Å². The number of halogens is 2. The van der Waals surface area contributed by atoms with Crippen LogP contribution in [0.2, 0.25) is 10.0 Å². The molecule has 26 heavy (non-hydrogen) atoms. The molecule has 1 aliphatic heterocycles. The second-order valence-corrected chi connectivity index (χ2v) is 7.45. The summed E-state index contributed by atoms with van der Waals surface area (Å²) in [6.07, 6.45) is 1.27. The van der Waals surface area contributed by atoms with Gasteiger partial charge in [0.25, 0.3) is 5.91 Å². The van der Waals surface area contributed by atoms with E-state index in [4.69, 9.17) is 23.2 Å². The van der Waals surface area contributed by atoms with Gasteiger partial charge in [-0.1, -0.05) is 40.9 Å². The lowest BCUT2D eigenvalue weighted by molar-refractivity contribution is -0.121. The van der Waals surface area contributed by atoms with Crippen molar-refractivity contribution in [2.24, 2.45) is 5.92 Å². The number of carbonyl (C=O) groups excluding carboxylic acids is 2. The van der Waals surface area contributed by atoms with Gasteiger partial charge >= 0.3 is 0 Å². The van der Waals surface area contributed by atoms with Crippen molar-refractivity contribution >= 4 is 40.7 Å². The first-order valence-corrected chi connectivity index (χ1v) is 9.31. The highest BCUT2D eigenvalue weighted by Crippen LogP contribution is 2.25. The van der Waals surface area contributed by atoms with Gasteiger partial charge in [-0.15, -0.1) is 0 Å². The third-order valence-corrected chi connectivity index (χ3v) is 5.02. The fourth-order valence-electron chi connectivity index (χ4n) is 3.09. The summed E-state index contributed by atoms with van der Waals surface area (Å²) in [5.41, 5.74) is 2.40. The van der Waals surface area contributed by atoms with Crippen LogP contribution >= 0.6 is 23.2 Å². The smallest absolute Gasteiger partial charge is 0.253 e. The maximum Gasteiger partial charge on any atom is 0.253 e. The summed E-state index contributed by atoms with van der Waals surface area (Å²) in [5, 5.41) is 3.82. The number of likely N-dealkylation sites (tertiary alicyclic amines) is 1. The Labute approximate surface area is 163 Å². The maximum atomic E-state index is 12.5. The Bertz CT molecular complexity index is 793. The fourth-order valence-corrected chi connectivity index (χ4v) is 3.62. The SMILES string of the molecule is Cc1ccc(C(=O)N2CCC(C(=O)Nc3cc(Cl)cc(Cl)c3)CC2)cc1. The van der Waals surface area contributed by atoms with E-state index in [1.165, 1.54) is 0 Å². The number of rotatable bonds is 3. The Morgan fingerprint density at radius 2 is 1.58 bits per heavy atom. The lowest BCUT2D eigenvalue weighted by Crippen LogP contribution is -2.41. The number of piperidine rings is 1. The molecular weight excluding hydrogens is 371 g/mol. The predicted molar refractivity (Wildman–Crippen MR) is 105 cm³/mol. The molecule has 1 aliphatic rings. The summed E-state index contributed by atoms with van der Waals surface area (Å²) in [4.78, 5) is 26.8. The molecule has 1 fully saturated rings. The molecule has 0 radical (unpaired) electrons. The van der Waals surface area contributed by atoms with E-state index in [0.29, 0.717) is 47.2 Å². The number of amides is 2. The van der Waals surface area contributed by atoms with Gasteiger partial charge in [-0.2, -0.15) is 0 Å². The van der Waals surface area contributed by atoms with Gasteiger partial charge in [0.05, 0.1) is 0 Å². The van der Waals surface area contributed by atoms with E-state index >= 15 is 0 Å². The van der Waals surface area contributed by atoms with Crippen molar-refractivity contribution in [3.05, 3.63) is 63.6 Å². The molecule has 0 unspecified atom stereocenters. The molecule has 0 aromatic heterocycles. The predicted octanol–water partition coefficient (Wildman–Crippen LogP) is 4.79. The lowest BCUT2D eigenvalue weighted by Gasteiger charge is -2.31. The highest BCUT2D eigenvalue weighted by molar-refractivity contribution is 6.35. The van der Waals surface area contributed by atoms with Crippen LogP contribution in [0, 0.1) is 12.8 Å². The summed E-state index contributed by atoms with van der Waals surface area (Å²) < 4.78 is 0. The van der Waals surface area contributed by atoms with Crippen molar-refractivity contribution in [2.45, 2.75) is 19.8 Å². The van der Waals surface area contributed by atoms with E-state index in [9.17, 15) is 9.59 Å². The maximum absolute atomic E-state index is 12.5. The van der Waals surface area contributed by atoms with Crippen LogP contribution in [0.5, 0.6) is 0 Å². The molecule has 2 aromatic carbocycles. The number of hydrogen-bond acceptors (Lipinski definition) is 2. The molecule has 0 saturated carbocycles. The monoisotopic (exact) mass is 390 g/mol. The standard InChI is InChI=1S/C20H20Cl2N2O2/c1-13-2-4-15(5-3-13)20(26)24-8-6-14(7-9-24)19(25)23-18-11-16(21)10-17(22)12-18/h2-5,10-12,14H,6-9H2,1H3,(H,23,25). The fraction of sp³-hybridized carbons (Fsp3) is 0.300. The first-order chi connectivity index (χ1) is 12.4. The molecule has 0 atom stereocenters. The number of benzene rings is 2. The second-order valence-electron chi connectivity index (χ2n) is 6.58. The molecule has 2 amide bonds. The van der Waals surface area contributed by atoms with Gasteiger partial charge in [0.1, 0.15) is 0 Å². The number of nitrogens with one attached hydrogen (secondary N) is 1. The normalized spacial score (nSPS) is 15.0. The van der Waals surface area contributed by atoms with Crippen LogP contribution in [-0.2, 0) is 4.79 Å². The minimum Gasteiger partial charge on any atom is -0.339 e. The first-order valence-electron chi connectivity index (χ1n) is 8.55. The molecular formula is C20H20Cl2N2O2. The molecule has 3 rings (SSSR count). The van der Waals surface area contributed by atoms with Crippen molar-refractivity contribution in [1.82, 2.24) is 4.90 Å². The minimum absolute atomic E-state index is 0.0190. The Morgan fingerprint density at radius 3 is 2.15 bits per heavy atom. The van der Waals surface area contributed by atoms with Crippen molar-refractivity contribution in [1.29, 1.82) is 0 Å². The molecule has 0 bridgehead atoms. The Morgan fingerprint density at radius 1 is 1.00 bits per heavy atom. The van der Waals surface area contributed by atoms with Gasteiger partial charge < -0.3 is 10.2 Å². The Kier molecular flexibility index (Phi) is 5.84. The highest BCUT2D eigenvalue weighted by atomic mass is 35.5. The third-order valence-electron chi connectivity index (χ3n) is 4.58. The average Bonchev–Trinajstić information content (AvgIpc) is 2.61. The van der Waals surface area contributed by atoms with E-state index in [0.717, 1.165) is 5.56 Å². The van der Waals surface area contributed by atoms with Crippen molar-refractivity contribution in [2.75, 3.05) is 18.4 Å².